The van der Waals surface area contributed by atoms with Crippen molar-refractivity contribution in [3.8, 4) is 0 Å². The highest BCUT2D eigenvalue weighted by atomic mass is 79.9. The summed E-state index contributed by atoms with van der Waals surface area (Å²) in [5, 5.41) is 12.0. The molecule has 0 bridgehead atoms. The Morgan fingerprint density at radius 3 is 2.52 bits per heavy atom. The number of carboxylic acid groups (broad SMARTS) is 1. The van der Waals surface area contributed by atoms with Crippen molar-refractivity contribution in [2.75, 3.05) is 11.1 Å². The number of rotatable bonds is 3. The van der Waals surface area contributed by atoms with E-state index in [2.05, 4.69) is 21.2 Å². The second kappa shape index (κ2) is 6.15. The summed E-state index contributed by atoms with van der Waals surface area (Å²) in [7, 11) is 0. The van der Waals surface area contributed by atoms with E-state index in [0.29, 0.717) is 20.7 Å². The molecule has 2 aromatic carbocycles. The van der Waals surface area contributed by atoms with E-state index in [1.54, 1.807) is 18.2 Å². The van der Waals surface area contributed by atoms with Crippen LogP contribution in [0.5, 0.6) is 0 Å². The molecule has 1 amide bonds. The number of anilines is 2. The highest BCUT2D eigenvalue weighted by Crippen LogP contribution is 2.24. The number of nitrogens with one attached hydrogen (secondary N) is 1. The number of nitrogens with two attached hydrogens (primary N) is 1. The monoisotopic (exact) mass is 368 g/mol. The molecule has 0 aliphatic rings. The Morgan fingerprint density at radius 2 is 1.90 bits per heavy atom. The van der Waals surface area contributed by atoms with Crippen LogP contribution in [0.4, 0.5) is 11.4 Å². The van der Waals surface area contributed by atoms with Gasteiger partial charge < -0.3 is 16.2 Å². The van der Waals surface area contributed by atoms with Crippen LogP contribution in [0, 0.1) is 0 Å². The van der Waals surface area contributed by atoms with E-state index in [0.717, 1.165) is 0 Å². The predicted octanol–water partition coefficient (Wildman–Crippen LogP) is 3.64. The largest absolute Gasteiger partial charge is 0.478 e. The third-order valence-corrected chi connectivity index (χ3v) is 3.64. The van der Waals surface area contributed by atoms with E-state index in [1.807, 2.05) is 0 Å². The van der Waals surface area contributed by atoms with E-state index in [-0.39, 0.29) is 11.3 Å². The molecule has 2 rings (SSSR count). The number of amides is 1. The molecule has 0 radical (unpaired) electrons. The summed E-state index contributed by atoms with van der Waals surface area (Å²) in [6, 6.07) is 8.83. The second-order valence-electron chi connectivity index (χ2n) is 4.19. The molecular weight excluding hydrogens is 360 g/mol. The van der Waals surface area contributed by atoms with Gasteiger partial charge in [-0.3, -0.25) is 4.79 Å². The fraction of sp³-hybridized carbons (Fsp3) is 0. The first-order valence-electron chi connectivity index (χ1n) is 5.77. The molecule has 0 aromatic heterocycles. The quantitative estimate of drug-likeness (QED) is 0.720. The van der Waals surface area contributed by atoms with Crippen LogP contribution >= 0.6 is 27.5 Å². The smallest absolute Gasteiger partial charge is 0.337 e. The van der Waals surface area contributed by atoms with Gasteiger partial charge in [-0.1, -0.05) is 11.6 Å². The van der Waals surface area contributed by atoms with Crippen LogP contribution in [0.2, 0.25) is 5.02 Å². The Balaban J connectivity index is 2.33. The lowest BCUT2D eigenvalue weighted by atomic mass is 10.1. The predicted molar refractivity (Wildman–Crippen MR) is 84.9 cm³/mol. The third kappa shape index (κ3) is 3.53. The summed E-state index contributed by atoms with van der Waals surface area (Å²) >= 11 is 9.06. The molecule has 7 heteroatoms. The third-order valence-electron chi connectivity index (χ3n) is 2.72. The number of carboxylic acids is 1. The molecule has 21 heavy (non-hydrogen) atoms. The van der Waals surface area contributed by atoms with Crippen molar-refractivity contribution in [3.05, 3.63) is 57.0 Å². The van der Waals surface area contributed by atoms with Gasteiger partial charge in [0.1, 0.15) is 0 Å². The van der Waals surface area contributed by atoms with Gasteiger partial charge in [-0.15, -0.1) is 0 Å². The van der Waals surface area contributed by atoms with E-state index in [1.165, 1.54) is 18.2 Å². The first kappa shape index (κ1) is 15.3. The summed E-state index contributed by atoms with van der Waals surface area (Å²) in [6.45, 7) is 0. The van der Waals surface area contributed by atoms with Crippen LogP contribution in [0.3, 0.4) is 0 Å². The van der Waals surface area contributed by atoms with Crippen LogP contribution in [-0.2, 0) is 0 Å². The Kier molecular flexibility index (Phi) is 4.50. The number of aromatic carboxylic acids is 1. The average Bonchev–Trinajstić information content (AvgIpc) is 2.41. The summed E-state index contributed by atoms with van der Waals surface area (Å²) in [4.78, 5) is 23.3. The highest BCUT2D eigenvalue weighted by molar-refractivity contribution is 9.10. The number of hydrogen-bond donors (Lipinski definition) is 3. The zero-order valence-corrected chi connectivity index (χ0v) is 12.9. The lowest BCUT2D eigenvalue weighted by molar-refractivity contribution is 0.0698. The first-order chi connectivity index (χ1) is 9.88. The average molecular weight is 370 g/mol. The number of benzene rings is 2. The van der Waals surface area contributed by atoms with Crippen molar-refractivity contribution >= 4 is 50.8 Å². The summed E-state index contributed by atoms with van der Waals surface area (Å²) in [6.07, 6.45) is 0. The van der Waals surface area contributed by atoms with Gasteiger partial charge in [-0.25, -0.2) is 4.79 Å². The second-order valence-corrected chi connectivity index (χ2v) is 5.48. The minimum atomic E-state index is -1.15. The lowest BCUT2D eigenvalue weighted by Gasteiger charge is -2.09. The minimum absolute atomic E-state index is 0.0396. The van der Waals surface area contributed by atoms with Gasteiger partial charge in [-0.2, -0.15) is 0 Å². The maximum atomic E-state index is 12.2. The van der Waals surface area contributed by atoms with E-state index in [4.69, 9.17) is 22.4 Å². The molecule has 0 fully saturated rings. The zero-order valence-electron chi connectivity index (χ0n) is 10.6. The van der Waals surface area contributed by atoms with Crippen LogP contribution in [0.1, 0.15) is 20.7 Å². The molecule has 0 saturated carbocycles. The fourth-order valence-electron chi connectivity index (χ4n) is 1.67. The van der Waals surface area contributed by atoms with Crippen LogP contribution in [0.25, 0.3) is 0 Å². The highest BCUT2D eigenvalue weighted by Gasteiger charge is 2.14. The van der Waals surface area contributed by atoms with Crippen molar-refractivity contribution in [1.82, 2.24) is 0 Å². The van der Waals surface area contributed by atoms with Crippen LogP contribution < -0.4 is 11.1 Å². The molecule has 0 atom stereocenters. The van der Waals surface area contributed by atoms with Gasteiger partial charge in [0.05, 0.1) is 11.3 Å². The normalized spacial score (nSPS) is 10.2. The molecule has 108 valence electrons. The number of carbonyl (C=O) groups is 2. The topological polar surface area (TPSA) is 92.4 Å². The maximum Gasteiger partial charge on any atom is 0.337 e. The molecule has 5 nitrogen and oxygen atoms in total. The van der Waals surface area contributed by atoms with Crippen molar-refractivity contribution < 1.29 is 14.7 Å². The van der Waals surface area contributed by atoms with Gasteiger partial charge in [0.15, 0.2) is 0 Å². The van der Waals surface area contributed by atoms with E-state index >= 15 is 0 Å². The van der Waals surface area contributed by atoms with Gasteiger partial charge in [0.25, 0.3) is 5.91 Å². The summed E-state index contributed by atoms with van der Waals surface area (Å²) in [5.74, 6) is -1.61. The molecule has 0 aliphatic carbocycles. The first-order valence-corrected chi connectivity index (χ1v) is 6.95. The van der Waals surface area contributed by atoms with Gasteiger partial charge in [0.2, 0.25) is 0 Å². The van der Waals surface area contributed by atoms with Gasteiger partial charge >= 0.3 is 5.97 Å². The minimum Gasteiger partial charge on any atom is -0.478 e. The molecule has 0 heterocycles. The molecular formula is C14H10BrClN2O3. The van der Waals surface area contributed by atoms with Gasteiger partial charge in [-0.05, 0) is 52.3 Å². The summed E-state index contributed by atoms with van der Waals surface area (Å²) < 4.78 is 0.583. The van der Waals surface area contributed by atoms with E-state index < -0.39 is 11.9 Å². The maximum absolute atomic E-state index is 12.2. The zero-order chi connectivity index (χ0) is 15.6. The van der Waals surface area contributed by atoms with Crippen LogP contribution in [0.15, 0.2) is 40.9 Å². The van der Waals surface area contributed by atoms with Crippen molar-refractivity contribution in [2.24, 2.45) is 0 Å². The van der Waals surface area contributed by atoms with Crippen LogP contribution in [-0.4, -0.2) is 17.0 Å². The summed E-state index contributed by atoms with van der Waals surface area (Å²) in [5.41, 5.74) is 6.58. The molecule has 0 spiro atoms. The van der Waals surface area contributed by atoms with Crippen molar-refractivity contribution in [2.45, 2.75) is 0 Å². The molecule has 0 unspecified atom stereocenters. The Hall–Kier alpha value is -2.05. The van der Waals surface area contributed by atoms with Crippen molar-refractivity contribution in [1.29, 1.82) is 0 Å². The van der Waals surface area contributed by atoms with Crippen molar-refractivity contribution in [3.63, 3.8) is 0 Å². The molecule has 0 aliphatic heterocycles. The van der Waals surface area contributed by atoms with Gasteiger partial charge in [0, 0.05) is 20.7 Å². The Bertz CT molecular complexity index is 734. The lowest BCUT2D eigenvalue weighted by Crippen LogP contribution is -2.15. The fourth-order valence-corrected chi connectivity index (χ4v) is 2.22. The Morgan fingerprint density at radius 1 is 1.19 bits per heavy atom. The molecule has 4 N–H and O–H groups in total. The molecule has 2 aromatic rings. The molecule has 0 saturated heterocycles. The van der Waals surface area contributed by atoms with E-state index in [9.17, 15) is 9.59 Å². The SMILES string of the molecule is Nc1ccc(C(=O)Nc2cc(Cl)ccc2C(=O)O)cc1Br. The number of halogens is 2. The number of nitrogen functional groups attached to an aromatic ring is 1. The number of hydrogen-bond acceptors (Lipinski definition) is 3. The number of carbonyl (C=O) groups excluding carboxylic acids is 1. The Labute approximate surface area is 133 Å². The standard InChI is InChI=1S/C14H10BrClN2O3/c15-10-5-7(1-4-11(10)17)13(19)18-12-6-8(16)2-3-9(12)14(20)21/h1-6H,17H2,(H,18,19)(H,20,21).